The molecule has 0 fully saturated rings. The maximum Gasteiger partial charge on any atom is 0.261 e. The predicted molar refractivity (Wildman–Crippen MR) is 105 cm³/mol. The Kier molecular flexibility index (Phi) is 5.78. The molecule has 0 aromatic heterocycles. The number of sulfonamides is 1. The van der Waals surface area contributed by atoms with Gasteiger partial charge in [0.15, 0.2) is 12.4 Å². The van der Waals surface area contributed by atoms with Crippen LogP contribution in [0.25, 0.3) is 0 Å². The summed E-state index contributed by atoms with van der Waals surface area (Å²) in [5.41, 5.74) is 0.905. The minimum Gasteiger partial charge on any atom is -0.485 e. The SMILES string of the molecule is O=C(COc1ccc(NS(=O)(=O)c2ccccc2)cc1)c1ccc(Cl)cc1. The van der Waals surface area contributed by atoms with Crippen molar-refractivity contribution in [3.8, 4) is 5.75 Å². The summed E-state index contributed by atoms with van der Waals surface area (Å²) < 4.78 is 32.5. The van der Waals surface area contributed by atoms with E-state index in [1.54, 1.807) is 66.7 Å². The minimum absolute atomic E-state index is 0.128. The molecule has 138 valence electrons. The quantitative estimate of drug-likeness (QED) is 0.595. The van der Waals surface area contributed by atoms with E-state index in [-0.39, 0.29) is 17.3 Å². The average Bonchev–Trinajstić information content (AvgIpc) is 2.68. The first kappa shape index (κ1) is 18.9. The number of rotatable bonds is 7. The second-order valence-corrected chi connectivity index (χ2v) is 7.78. The first-order valence-electron chi connectivity index (χ1n) is 8.03. The molecule has 0 spiro atoms. The number of hydrogen-bond acceptors (Lipinski definition) is 4. The van der Waals surface area contributed by atoms with Gasteiger partial charge in [-0.1, -0.05) is 29.8 Å². The highest BCUT2D eigenvalue weighted by molar-refractivity contribution is 7.92. The van der Waals surface area contributed by atoms with E-state index in [2.05, 4.69) is 4.72 Å². The van der Waals surface area contributed by atoms with Crippen LogP contribution in [0.15, 0.2) is 83.8 Å². The lowest BCUT2D eigenvalue weighted by Gasteiger charge is -2.09. The average molecular weight is 402 g/mol. The van der Waals surface area contributed by atoms with E-state index in [4.69, 9.17) is 16.3 Å². The standard InChI is InChI=1S/C20H16ClNO4S/c21-16-8-6-15(7-9-16)20(23)14-26-18-12-10-17(11-13-18)22-27(24,25)19-4-2-1-3-5-19/h1-13,22H,14H2. The van der Waals surface area contributed by atoms with E-state index in [1.165, 1.54) is 12.1 Å². The van der Waals surface area contributed by atoms with Crippen LogP contribution in [0.5, 0.6) is 5.75 Å². The van der Waals surface area contributed by atoms with Crippen LogP contribution in [-0.4, -0.2) is 20.8 Å². The van der Waals surface area contributed by atoms with Gasteiger partial charge >= 0.3 is 0 Å². The first-order chi connectivity index (χ1) is 12.9. The van der Waals surface area contributed by atoms with Crippen LogP contribution in [0.1, 0.15) is 10.4 Å². The number of benzene rings is 3. The number of ketones is 1. The smallest absolute Gasteiger partial charge is 0.261 e. The molecule has 0 saturated heterocycles. The van der Waals surface area contributed by atoms with Gasteiger partial charge in [-0.05, 0) is 60.7 Å². The van der Waals surface area contributed by atoms with Crippen molar-refractivity contribution < 1.29 is 17.9 Å². The summed E-state index contributed by atoms with van der Waals surface area (Å²) in [7, 11) is -3.65. The lowest BCUT2D eigenvalue weighted by molar-refractivity contribution is 0.0921. The van der Waals surface area contributed by atoms with E-state index < -0.39 is 10.0 Å². The van der Waals surface area contributed by atoms with Crippen molar-refractivity contribution in [2.24, 2.45) is 0 Å². The Labute approximate surface area is 162 Å². The fraction of sp³-hybridized carbons (Fsp3) is 0.0500. The van der Waals surface area contributed by atoms with Crippen LogP contribution in [0, 0.1) is 0 Å². The van der Waals surface area contributed by atoms with Gasteiger partial charge in [-0.2, -0.15) is 0 Å². The molecule has 0 radical (unpaired) electrons. The summed E-state index contributed by atoms with van der Waals surface area (Å²) in [6, 6.07) is 21.0. The third kappa shape index (κ3) is 5.09. The van der Waals surface area contributed by atoms with Crippen molar-refractivity contribution >= 4 is 33.1 Å². The van der Waals surface area contributed by atoms with Crippen LogP contribution in [-0.2, 0) is 10.0 Å². The van der Waals surface area contributed by atoms with Crippen molar-refractivity contribution in [2.75, 3.05) is 11.3 Å². The van der Waals surface area contributed by atoms with Crippen LogP contribution < -0.4 is 9.46 Å². The molecule has 7 heteroatoms. The number of hydrogen-bond donors (Lipinski definition) is 1. The predicted octanol–water partition coefficient (Wildman–Crippen LogP) is 4.40. The van der Waals surface area contributed by atoms with Gasteiger partial charge in [0.25, 0.3) is 10.0 Å². The summed E-state index contributed by atoms with van der Waals surface area (Å²) >= 11 is 5.80. The number of ether oxygens (including phenoxy) is 1. The molecule has 0 atom stereocenters. The second kappa shape index (κ2) is 8.24. The van der Waals surface area contributed by atoms with E-state index in [0.717, 1.165) is 0 Å². The van der Waals surface area contributed by atoms with Crippen molar-refractivity contribution in [1.29, 1.82) is 0 Å². The summed E-state index contributed by atoms with van der Waals surface area (Å²) in [6.45, 7) is -0.128. The van der Waals surface area contributed by atoms with Crippen molar-refractivity contribution in [1.82, 2.24) is 0 Å². The van der Waals surface area contributed by atoms with Gasteiger partial charge in [0, 0.05) is 16.3 Å². The van der Waals surface area contributed by atoms with Crippen LogP contribution >= 0.6 is 11.6 Å². The van der Waals surface area contributed by atoms with Gasteiger partial charge in [-0.25, -0.2) is 8.42 Å². The highest BCUT2D eigenvalue weighted by atomic mass is 35.5. The van der Waals surface area contributed by atoms with Gasteiger partial charge in [0.1, 0.15) is 5.75 Å². The van der Waals surface area contributed by atoms with E-state index in [0.29, 0.717) is 22.0 Å². The molecule has 27 heavy (non-hydrogen) atoms. The van der Waals surface area contributed by atoms with Crippen molar-refractivity contribution in [3.63, 3.8) is 0 Å². The normalized spacial score (nSPS) is 11.0. The third-order valence-electron chi connectivity index (χ3n) is 3.70. The number of carbonyl (C=O) groups is 1. The topological polar surface area (TPSA) is 72.5 Å². The lowest BCUT2D eigenvalue weighted by Crippen LogP contribution is -2.13. The fourth-order valence-electron chi connectivity index (χ4n) is 2.30. The molecule has 0 amide bonds. The zero-order valence-corrected chi connectivity index (χ0v) is 15.7. The van der Waals surface area contributed by atoms with Gasteiger partial charge in [0.2, 0.25) is 0 Å². The Hall–Kier alpha value is -2.83. The molecule has 3 aromatic rings. The summed E-state index contributed by atoms with van der Waals surface area (Å²) in [5.74, 6) is 0.278. The van der Waals surface area contributed by atoms with Crippen LogP contribution in [0.2, 0.25) is 5.02 Å². The Morgan fingerprint density at radius 2 is 1.52 bits per heavy atom. The molecule has 5 nitrogen and oxygen atoms in total. The number of halogens is 1. The number of anilines is 1. The van der Waals surface area contributed by atoms with Gasteiger partial charge < -0.3 is 4.74 Å². The lowest BCUT2D eigenvalue weighted by atomic mass is 10.1. The maximum atomic E-state index is 12.3. The Morgan fingerprint density at radius 1 is 0.889 bits per heavy atom. The van der Waals surface area contributed by atoms with Crippen molar-refractivity contribution in [2.45, 2.75) is 4.90 Å². The molecule has 1 N–H and O–H groups in total. The third-order valence-corrected chi connectivity index (χ3v) is 5.35. The molecule has 0 aliphatic rings. The largest absolute Gasteiger partial charge is 0.485 e. The van der Waals surface area contributed by atoms with Crippen LogP contribution in [0.3, 0.4) is 0 Å². The number of Topliss-reactive ketones (excluding diaryl/α,β-unsaturated/α-hetero) is 1. The maximum absolute atomic E-state index is 12.3. The molecule has 0 unspecified atom stereocenters. The highest BCUT2D eigenvalue weighted by Crippen LogP contribution is 2.20. The van der Waals surface area contributed by atoms with Gasteiger partial charge in [-0.15, -0.1) is 0 Å². The molecular formula is C20H16ClNO4S. The molecule has 0 heterocycles. The minimum atomic E-state index is -3.65. The zero-order valence-electron chi connectivity index (χ0n) is 14.1. The monoisotopic (exact) mass is 401 g/mol. The fourth-order valence-corrected chi connectivity index (χ4v) is 3.51. The summed E-state index contributed by atoms with van der Waals surface area (Å²) in [4.78, 5) is 12.3. The summed E-state index contributed by atoms with van der Waals surface area (Å²) in [5, 5.41) is 0.556. The van der Waals surface area contributed by atoms with Gasteiger partial charge in [-0.3, -0.25) is 9.52 Å². The molecule has 3 aromatic carbocycles. The van der Waals surface area contributed by atoms with E-state index in [1.807, 2.05) is 0 Å². The highest BCUT2D eigenvalue weighted by Gasteiger charge is 2.13. The Morgan fingerprint density at radius 3 is 2.15 bits per heavy atom. The van der Waals surface area contributed by atoms with E-state index in [9.17, 15) is 13.2 Å². The molecule has 0 aliphatic carbocycles. The van der Waals surface area contributed by atoms with Gasteiger partial charge in [0.05, 0.1) is 4.90 Å². The second-order valence-electron chi connectivity index (χ2n) is 5.66. The zero-order chi connectivity index (χ0) is 19.3. The molecule has 0 aliphatic heterocycles. The molecule has 3 rings (SSSR count). The summed E-state index contributed by atoms with van der Waals surface area (Å²) in [6.07, 6.45) is 0. The first-order valence-corrected chi connectivity index (χ1v) is 9.90. The van der Waals surface area contributed by atoms with Crippen LogP contribution in [0.4, 0.5) is 5.69 Å². The molecule has 0 saturated carbocycles. The van der Waals surface area contributed by atoms with E-state index >= 15 is 0 Å². The molecule has 0 bridgehead atoms. The number of carbonyl (C=O) groups excluding carboxylic acids is 1. The molecular weight excluding hydrogens is 386 g/mol. The van der Waals surface area contributed by atoms with Crippen molar-refractivity contribution in [3.05, 3.63) is 89.4 Å². The Balaban J connectivity index is 1.60. The Bertz CT molecular complexity index is 1020. The number of nitrogens with one attached hydrogen (secondary N) is 1.